The third kappa shape index (κ3) is 7.70. The summed E-state index contributed by atoms with van der Waals surface area (Å²) < 4.78 is 5.19. The van der Waals surface area contributed by atoms with Gasteiger partial charge < -0.3 is 20.3 Å². The number of likely N-dealkylation sites (tertiary alicyclic amines) is 1. The highest BCUT2D eigenvalue weighted by Crippen LogP contribution is 2.13. The molecule has 148 valence electrons. The number of halogens is 1. The minimum Gasteiger partial charge on any atom is -0.497 e. The van der Waals surface area contributed by atoms with Gasteiger partial charge in [-0.3, -0.25) is 4.99 Å². The number of piperidine rings is 1. The lowest BCUT2D eigenvalue weighted by atomic mass is 10.0. The number of methoxy groups -OCH3 is 1. The SMILES string of the molecule is CN=C(NCCCc1ccc(OC)cc1)NC1CCN(C(C)C)CC1.I. The van der Waals surface area contributed by atoms with Crippen molar-refractivity contribution in [3.63, 3.8) is 0 Å². The molecule has 0 amide bonds. The fourth-order valence-electron chi connectivity index (χ4n) is 3.24. The lowest BCUT2D eigenvalue weighted by molar-refractivity contribution is 0.167. The molecule has 1 aromatic rings. The quantitative estimate of drug-likeness (QED) is 0.276. The van der Waals surface area contributed by atoms with E-state index in [1.54, 1.807) is 7.11 Å². The first-order chi connectivity index (χ1) is 12.1. The molecule has 26 heavy (non-hydrogen) atoms. The minimum atomic E-state index is 0. The van der Waals surface area contributed by atoms with Gasteiger partial charge in [-0.1, -0.05) is 12.1 Å². The Morgan fingerprint density at radius 2 is 1.88 bits per heavy atom. The molecule has 1 aromatic carbocycles. The first kappa shape index (κ1) is 23.0. The molecule has 0 aromatic heterocycles. The summed E-state index contributed by atoms with van der Waals surface area (Å²) in [5.41, 5.74) is 1.34. The van der Waals surface area contributed by atoms with Gasteiger partial charge in [0.05, 0.1) is 7.11 Å². The summed E-state index contributed by atoms with van der Waals surface area (Å²) in [7, 11) is 3.55. The van der Waals surface area contributed by atoms with E-state index in [1.807, 2.05) is 19.2 Å². The topological polar surface area (TPSA) is 48.9 Å². The highest BCUT2D eigenvalue weighted by atomic mass is 127. The molecule has 5 nitrogen and oxygen atoms in total. The number of benzene rings is 1. The summed E-state index contributed by atoms with van der Waals surface area (Å²) >= 11 is 0. The fraction of sp³-hybridized carbons (Fsp3) is 0.650. The van der Waals surface area contributed by atoms with E-state index in [4.69, 9.17) is 4.74 Å². The van der Waals surface area contributed by atoms with Crippen molar-refractivity contribution in [1.82, 2.24) is 15.5 Å². The Hall–Kier alpha value is -1.02. The van der Waals surface area contributed by atoms with Gasteiger partial charge in [0.1, 0.15) is 5.75 Å². The molecule has 1 saturated heterocycles. The second kappa shape index (κ2) is 12.4. The Morgan fingerprint density at radius 3 is 2.42 bits per heavy atom. The Balaban J connectivity index is 0.00000338. The summed E-state index contributed by atoms with van der Waals surface area (Å²) in [6.07, 6.45) is 4.51. The standard InChI is InChI=1S/C20H34N4O.HI/c1-16(2)24-14-11-18(12-15-24)23-20(21-3)22-13-5-6-17-7-9-19(25-4)10-8-17;/h7-10,16,18H,5-6,11-15H2,1-4H3,(H2,21,22,23);1H. The van der Waals surface area contributed by atoms with Crippen molar-refractivity contribution in [1.29, 1.82) is 0 Å². The van der Waals surface area contributed by atoms with E-state index in [9.17, 15) is 0 Å². The van der Waals surface area contributed by atoms with Crippen LogP contribution >= 0.6 is 24.0 Å². The molecule has 1 aliphatic heterocycles. The molecule has 0 radical (unpaired) electrons. The third-order valence-electron chi connectivity index (χ3n) is 4.92. The van der Waals surface area contributed by atoms with E-state index in [-0.39, 0.29) is 24.0 Å². The number of hydrogen-bond acceptors (Lipinski definition) is 3. The molecule has 1 aliphatic rings. The molecule has 0 atom stereocenters. The maximum atomic E-state index is 5.19. The first-order valence-corrected chi connectivity index (χ1v) is 9.46. The maximum absolute atomic E-state index is 5.19. The molecular formula is C20H35IN4O. The zero-order chi connectivity index (χ0) is 18.1. The molecule has 6 heteroatoms. The Kier molecular flexibility index (Phi) is 11.0. The van der Waals surface area contributed by atoms with Crippen LogP contribution in [0.25, 0.3) is 0 Å². The number of guanidine groups is 1. The average molecular weight is 474 g/mol. The van der Waals surface area contributed by atoms with Crippen LogP contribution in [0.1, 0.15) is 38.7 Å². The van der Waals surface area contributed by atoms with Gasteiger partial charge in [0, 0.05) is 38.8 Å². The second-order valence-corrected chi connectivity index (χ2v) is 7.00. The third-order valence-corrected chi connectivity index (χ3v) is 4.92. The van der Waals surface area contributed by atoms with Crippen LogP contribution in [0.4, 0.5) is 0 Å². The van der Waals surface area contributed by atoms with Crippen molar-refractivity contribution >= 4 is 29.9 Å². The highest BCUT2D eigenvalue weighted by Gasteiger charge is 2.21. The van der Waals surface area contributed by atoms with Crippen molar-refractivity contribution in [3.8, 4) is 5.75 Å². The number of ether oxygens (including phenoxy) is 1. The van der Waals surface area contributed by atoms with Crippen LogP contribution in [0.5, 0.6) is 5.75 Å². The Bertz CT molecular complexity index is 525. The predicted octanol–water partition coefficient (Wildman–Crippen LogP) is 3.28. The zero-order valence-electron chi connectivity index (χ0n) is 16.6. The van der Waals surface area contributed by atoms with E-state index in [1.165, 1.54) is 31.5 Å². The van der Waals surface area contributed by atoms with Crippen molar-refractivity contribution < 1.29 is 4.74 Å². The van der Waals surface area contributed by atoms with Crippen molar-refractivity contribution in [2.45, 2.75) is 51.6 Å². The predicted molar refractivity (Wildman–Crippen MR) is 121 cm³/mol. The molecule has 1 heterocycles. The van der Waals surface area contributed by atoms with E-state index in [0.717, 1.165) is 31.1 Å². The Morgan fingerprint density at radius 1 is 1.23 bits per heavy atom. The van der Waals surface area contributed by atoms with Crippen molar-refractivity contribution in [2.75, 3.05) is 33.8 Å². The van der Waals surface area contributed by atoms with Crippen LogP contribution < -0.4 is 15.4 Å². The monoisotopic (exact) mass is 474 g/mol. The number of rotatable bonds is 7. The molecule has 0 saturated carbocycles. The van der Waals surface area contributed by atoms with Crippen molar-refractivity contribution in [2.24, 2.45) is 4.99 Å². The van der Waals surface area contributed by atoms with E-state index >= 15 is 0 Å². The average Bonchev–Trinajstić information content (AvgIpc) is 2.65. The van der Waals surface area contributed by atoms with Gasteiger partial charge >= 0.3 is 0 Å². The van der Waals surface area contributed by atoms with E-state index < -0.39 is 0 Å². The van der Waals surface area contributed by atoms with Gasteiger partial charge in [-0.15, -0.1) is 24.0 Å². The number of nitrogens with one attached hydrogen (secondary N) is 2. The highest BCUT2D eigenvalue weighted by molar-refractivity contribution is 14.0. The first-order valence-electron chi connectivity index (χ1n) is 9.46. The van der Waals surface area contributed by atoms with Gasteiger partial charge in [-0.2, -0.15) is 0 Å². The fourth-order valence-corrected chi connectivity index (χ4v) is 3.24. The lowest BCUT2D eigenvalue weighted by Gasteiger charge is -2.35. The number of hydrogen-bond donors (Lipinski definition) is 2. The van der Waals surface area contributed by atoms with Crippen LogP contribution in [-0.2, 0) is 6.42 Å². The van der Waals surface area contributed by atoms with Crippen LogP contribution in [-0.4, -0.2) is 56.7 Å². The Labute approximate surface area is 176 Å². The van der Waals surface area contributed by atoms with Gasteiger partial charge in [0.15, 0.2) is 5.96 Å². The second-order valence-electron chi connectivity index (χ2n) is 7.00. The van der Waals surface area contributed by atoms with Gasteiger partial charge in [-0.05, 0) is 57.2 Å². The number of aliphatic imine (C=N–C) groups is 1. The smallest absolute Gasteiger partial charge is 0.191 e. The summed E-state index contributed by atoms with van der Waals surface area (Å²) in [5, 5.41) is 7.02. The van der Waals surface area contributed by atoms with E-state index in [2.05, 4.69) is 46.5 Å². The molecule has 0 bridgehead atoms. The van der Waals surface area contributed by atoms with Crippen LogP contribution in [0, 0.1) is 0 Å². The van der Waals surface area contributed by atoms with E-state index in [0.29, 0.717) is 12.1 Å². The van der Waals surface area contributed by atoms with Gasteiger partial charge in [-0.25, -0.2) is 0 Å². The molecule has 0 spiro atoms. The van der Waals surface area contributed by atoms with Crippen LogP contribution in [0.3, 0.4) is 0 Å². The molecule has 2 rings (SSSR count). The minimum absolute atomic E-state index is 0. The van der Waals surface area contributed by atoms with Crippen molar-refractivity contribution in [3.05, 3.63) is 29.8 Å². The summed E-state index contributed by atoms with van der Waals surface area (Å²) in [6, 6.07) is 9.49. The summed E-state index contributed by atoms with van der Waals surface area (Å²) in [5.74, 6) is 1.84. The molecular weight excluding hydrogens is 439 g/mol. The summed E-state index contributed by atoms with van der Waals surface area (Å²) in [6.45, 7) is 7.82. The maximum Gasteiger partial charge on any atom is 0.191 e. The van der Waals surface area contributed by atoms with Crippen LogP contribution in [0.2, 0.25) is 0 Å². The number of aryl methyl sites for hydroxylation is 1. The molecule has 0 unspecified atom stereocenters. The molecule has 1 fully saturated rings. The normalized spacial score (nSPS) is 16.3. The zero-order valence-corrected chi connectivity index (χ0v) is 19.0. The molecule has 2 N–H and O–H groups in total. The molecule has 0 aliphatic carbocycles. The lowest BCUT2D eigenvalue weighted by Crippen LogP contribution is -2.50. The largest absolute Gasteiger partial charge is 0.497 e. The van der Waals surface area contributed by atoms with Crippen LogP contribution in [0.15, 0.2) is 29.3 Å². The van der Waals surface area contributed by atoms with Gasteiger partial charge in [0.25, 0.3) is 0 Å². The van der Waals surface area contributed by atoms with Gasteiger partial charge in [0.2, 0.25) is 0 Å². The number of nitrogens with zero attached hydrogens (tertiary/aromatic N) is 2. The summed E-state index contributed by atoms with van der Waals surface area (Å²) in [4.78, 5) is 6.91.